The maximum Gasteiger partial charge on any atom is 0.215 e. The second-order valence-corrected chi connectivity index (χ2v) is 10.2. The van der Waals surface area contributed by atoms with Crippen molar-refractivity contribution < 1.29 is 9.18 Å². The average molecular weight is 587 g/mol. The molecule has 0 atom stereocenters. The molecule has 7 rings (SSSR count). The fourth-order valence-electron chi connectivity index (χ4n) is 4.54. The maximum absolute atomic E-state index is 14.5. The molecule has 7 nitrogen and oxygen atoms in total. The van der Waals surface area contributed by atoms with E-state index in [9.17, 15) is 9.18 Å². The predicted octanol–water partition coefficient (Wildman–Crippen LogP) is 7.60. The van der Waals surface area contributed by atoms with Crippen LogP contribution in [0.4, 0.5) is 10.2 Å². The van der Waals surface area contributed by atoms with Crippen molar-refractivity contribution >= 4 is 58.1 Å². The van der Waals surface area contributed by atoms with Crippen LogP contribution in [0, 0.1) is 0 Å². The van der Waals surface area contributed by atoms with E-state index in [0.29, 0.717) is 46.6 Å². The molecule has 0 unspecified atom stereocenters. The molecule has 1 fully saturated rings. The Morgan fingerprint density at radius 1 is 1.02 bits per heavy atom. The van der Waals surface area contributed by atoms with E-state index in [4.69, 9.17) is 5.73 Å². The summed E-state index contributed by atoms with van der Waals surface area (Å²) in [4.78, 5) is 22.3. The van der Waals surface area contributed by atoms with E-state index in [1.54, 1.807) is 12.3 Å². The van der Waals surface area contributed by atoms with Crippen molar-refractivity contribution in [3.63, 3.8) is 0 Å². The van der Waals surface area contributed by atoms with E-state index < -0.39 is 5.67 Å². The topological polar surface area (TPSA) is 94.5 Å². The molecule has 3 N–H and O–H groups in total. The number of thiol groups is 1. The number of fused-ring (bicyclic) bond motifs is 2. The second kappa shape index (κ2) is 11.8. The Morgan fingerprint density at radius 2 is 1.73 bits per heavy atom. The summed E-state index contributed by atoms with van der Waals surface area (Å²) in [5.41, 5.74) is 8.90. The third kappa shape index (κ3) is 5.37. The van der Waals surface area contributed by atoms with Crippen molar-refractivity contribution in [1.82, 2.24) is 23.7 Å². The number of alkyl halides is 1. The van der Waals surface area contributed by atoms with Crippen molar-refractivity contribution in [2.45, 2.75) is 37.3 Å². The number of anilines is 1. The van der Waals surface area contributed by atoms with E-state index in [0.717, 1.165) is 15.8 Å². The van der Waals surface area contributed by atoms with Crippen LogP contribution in [0.2, 0.25) is 0 Å². The van der Waals surface area contributed by atoms with E-state index in [1.165, 1.54) is 22.8 Å². The lowest BCUT2D eigenvalue weighted by Crippen LogP contribution is -2.10. The van der Waals surface area contributed by atoms with Crippen molar-refractivity contribution in [3.05, 3.63) is 102 Å². The normalized spacial score (nSPS) is 13.3. The van der Waals surface area contributed by atoms with Gasteiger partial charge in [0.05, 0.1) is 34.0 Å². The molecule has 1 saturated carbocycles. The highest BCUT2D eigenvalue weighted by molar-refractivity contribution is 7.98. The second-order valence-electron chi connectivity index (χ2n) is 9.22. The highest BCUT2D eigenvalue weighted by atomic mass is 32.2. The van der Waals surface area contributed by atoms with Gasteiger partial charge in [0.2, 0.25) is 5.78 Å². The molecule has 6 aromatic rings. The van der Waals surface area contributed by atoms with Gasteiger partial charge in [0, 0.05) is 10.3 Å². The molecule has 0 spiro atoms. The van der Waals surface area contributed by atoms with Gasteiger partial charge in [-0.25, -0.2) is 14.1 Å². The molecule has 1 aliphatic carbocycles. The standard InChI is InChI=1S/C28H21FN6OS.C2H6.CH4S/c29-28(12-13-28)27-32-21-11-10-18(15-22(21)33-27)34-26(30)20(16-31-34)25(36)24-14-17-6-4-5-9-23(17)35(24)37-19-7-2-1-3-8-19;2*1-2/h1-11,14-16H,12-13,30H2,(H,32,33);1-2H3;2H,1H3. The highest BCUT2D eigenvalue weighted by Crippen LogP contribution is 2.48. The molecule has 10 heteroatoms. The number of carbonyl (C=O) groups is 1. The summed E-state index contributed by atoms with van der Waals surface area (Å²) in [6, 6.07) is 25.1. The number of nitrogens with two attached hydrogens (primary N) is 1. The minimum absolute atomic E-state index is 0.221. The third-order valence-corrected chi connectivity index (χ3v) is 7.77. The number of hydrogen-bond acceptors (Lipinski definition) is 6. The monoisotopic (exact) mass is 586 g/mol. The summed E-state index contributed by atoms with van der Waals surface area (Å²) in [7, 11) is 0. The first kappa shape index (κ1) is 28.5. The Hall–Kier alpha value is -4.02. The molecule has 0 saturated heterocycles. The number of nitrogens with zero attached hydrogens (tertiary/aromatic N) is 4. The van der Waals surface area contributed by atoms with Crippen molar-refractivity contribution in [3.8, 4) is 5.69 Å². The number of ketones is 1. The molecule has 0 aliphatic heterocycles. The molecular formula is C31H31FN6OS2. The van der Waals surface area contributed by atoms with Crippen LogP contribution in [0.5, 0.6) is 0 Å². The average Bonchev–Trinajstić information content (AvgIpc) is 3.33. The molecule has 0 amide bonds. The number of hydrogen-bond donors (Lipinski definition) is 3. The Balaban J connectivity index is 0.000000810. The van der Waals surface area contributed by atoms with Crippen LogP contribution < -0.4 is 5.73 Å². The number of benzene rings is 3. The number of para-hydroxylation sites is 1. The molecule has 210 valence electrons. The quantitative estimate of drug-likeness (QED) is 0.138. The molecular weight excluding hydrogens is 556 g/mol. The zero-order chi connectivity index (χ0) is 29.1. The van der Waals surface area contributed by atoms with Crippen LogP contribution in [-0.2, 0) is 5.67 Å². The minimum atomic E-state index is -1.35. The van der Waals surface area contributed by atoms with Crippen LogP contribution in [0.25, 0.3) is 27.6 Å². The van der Waals surface area contributed by atoms with Gasteiger partial charge in [-0.1, -0.05) is 50.2 Å². The lowest BCUT2D eigenvalue weighted by Gasteiger charge is -2.09. The zero-order valence-corrected chi connectivity index (χ0v) is 24.7. The minimum Gasteiger partial charge on any atom is -0.383 e. The van der Waals surface area contributed by atoms with Crippen LogP contribution in [0.3, 0.4) is 0 Å². The number of carbonyl (C=O) groups excluding carboxylic acids is 1. The predicted molar refractivity (Wildman–Crippen MR) is 169 cm³/mol. The van der Waals surface area contributed by atoms with Crippen LogP contribution in [-0.4, -0.2) is 35.8 Å². The number of rotatable bonds is 6. The van der Waals surface area contributed by atoms with Gasteiger partial charge in [-0.05, 0) is 73.5 Å². The summed E-state index contributed by atoms with van der Waals surface area (Å²) in [5, 5.41) is 5.38. The summed E-state index contributed by atoms with van der Waals surface area (Å²) in [6.45, 7) is 4.00. The van der Waals surface area contributed by atoms with Gasteiger partial charge >= 0.3 is 0 Å². The number of aromatic nitrogens is 5. The summed E-state index contributed by atoms with van der Waals surface area (Å²) in [6.07, 6.45) is 4.16. The fraction of sp³-hybridized carbons (Fsp3) is 0.194. The Bertz CT molecular complexity index is 1820. The van der Waals surface area contributed by atoms with E-state index in [-0.39, 0.29) is 11.6 Å². The Morgan fingerprint density at radius 3 is 2.46 bits per heavy atom. The van der Waals surface area contributed by atoms with Crippen molar-refractivity contribution in [2.75, 3.05) is 12.0 Å². The number of aromatic amines is 1. The molecule has 3 aromatic heterocycles. The highest BCUT2D eigenvalue weighted by Gasteiger charge is 2.47. The van der Waals surface area contributed by atoms with E-state index >= 15 is 0 Å². The zero-order valence-electron chi connectivity index (χ0n) is 23.0. The number of H-pyrrole nitrogens is 1. The molecule has 0 radical (unpaired) electrons. The largest absolute Gasteiger partial charge is 0.383 e. The number of nitrogens with one attached hydrogen (secondary N) is 1. The van der Waals surface area contributed by atoms with E-state index in [1.807, 2.05) is 90.6 Å². The molecule has 3 aromatic carbocycles. The van der Waals surface area contributed by atoms with Crippen molar-refractivity contribution in [1.29, 1.82) is 0 Å². The summed E-state index contributed by atoms with van der Waals surface area (Å²) in [5.74, 6) is 0.365. The number of imidazole rings is 1. The SMILES string of the molecule is CC.CS.Nc1c(C(=O)c2cc3ccccc3n2Sc2ccccc2)cnn1-c1ccc2nc(C3(F)CC3)[nH]c2c1. The fourth-order valence-corrected chi connectivity index (χ4v) is 5.53. The van der Waals surface area contributed by atoms with Gasteiger partial charge in [0.25, 0.3) is 0 Å². The Kier molecular flexibility index (Phi) is 8.23. The molecule has 41 heavy (non-hydrogen) atoms. The molecule has 1 aliphatic rings. The summed E-state index contributed by atoms with van der Waals surface area (Å²) >= 11 is 5.01. The number of nitrogen functional groups attached to an aromatic ring is 1. The first-order valence-corrected chi connectivity index (χ1v) is 15.0. The molecule has 3 heterocycles. The number of halogens is 1. The van der Waals surface area contributed by atoms with Gasteiger partial charge in [0.15, 0.2) is 5.67 Å². The van der Waals surface area contributed by atoms with Crippen molar-refractivity contribution in [2.24, 2.45) is 0 Å². The maximum atomic E-state index is 14.5. The third-order valence-electron chi connectivity index (χ3n) is 6.71. The molecule has 0 bridgehead atoms. The van der Waals surface area contributed by atoms with Gasteiger partial charge in [-0.2, -0.15) is 17.7 Å². The van der Waals surface area contributed by atoms with Crippen LogP contribution >= 0.6 is 24.6 Å². The van der Waals surface area contributed by atoms with Gasteiger partial charge < -0.3 is 10.7 Å². The first-order chi connectivity index (χ1) is 20.0. The lowest BCUT2D eigenvalue weighted by molar-refractivity contribution is 0.103. The first-order valence-electron chi connectivity index (χ1n) is 13.4. The van der Waals surface area contributed by atoms with Gasteiger partial charge in [-0.15, -0.1) is 0 Å². The van der Waals surface area contributed by atoms with Gasteiger partial charge in [0.1, 0.15) is 17.3 Å². The lowest BCUT2D eigenvalue weighted by atomic mass is 10.1. The summed E-state index contributed by atoms with van der Waals surface area (Å²) < 4.78 is 17.9. The van der Waals surface area contributed by atoms with Crippen LogP contribution in [0.15, 0.2) is 90.0 Å². The smallest absolute Gasteiger partial charge is 0.215 e. The van der Waals surface area contributed by atoms with Gasteiger partial charge in [-0.3, -0.25) is 8.77 Å². The van der Waals surface area contributed by atoms with E-state index in [2.05, 4.69) is 27.7 Å². The Labute approximate surface area is 247 Å². The van der Waals surface area contributed by atoms with Crippen LogP contribution in [0.1, 0.15) is 48.6 Å².